The zero-order chi connectivity index (χ0) is 18.4. The van der Waals surface area contributed by atoms with Gasteiger partial charge in [0.2, 0.25) is 0 Å². The maximum atomic E-state index is 10.5. The van der Waals surface area contributed by atoms with Crippen molar-refractivity contribution >= 4 is 17.7 Å². The summed E-state index contributed by atoms with van der Waals surface area (Å²) in [7, 11) is 0. The van der Waals surface area contributed by atoms with Crippen LogP contribution in [0.5, 0.6) is 0 Å². The van der Waals surface area contributed by atoms with Gasteiger partial charge >= 0.3 is 5.97 Å². The second kappa shape index (κ2) is 9.58. The topological polar surface area (TPSA) is 66.8 Å². The summed E-state index contributed by atoms with van der Waals surface area (Å²) in [6.07, 6.45) is 8.50. The van der Waals surface area contributed by atoms with E-state index >= 15 is 0 Å². The number of aliphatic hydroxyl groups is 1. The van der Waals surface area contributed by atoms with E-state index in [1.165, 1.54) is 0 Å². The first-order chi connectivity index (χ1) is 12.6. The Hall–Kier alpha value is -1.30. The number of thioether (sulfide) groups is 1. The number of carbonyl (C=O) groups is 1. The van der Waals surface area contributed by atoms with Crippen LogP contribution >= 0.6 is 11.8 Å². The molecular formula is C21H28O4S. The van der Waals surface area contributed by atoms with Gasteiger partial charge in [-0.15, -0.1) is 0 Å². The Balaban J connectivity index is 1.49. The lowest BCUT2D eigenvalue weighted by atomic mass is 9.77. The maximum absolute atomic E-state index is 10.5. The number of aliphatic carboxylic acids is 1. The number of aliphatic hydroxyl groups excluding tert-OH is 1. The summed E-state index contributed by atoms with van der Waals surface area (Å²) in [6.45, 7) is 0. The summed E-state index contributed by atoms with van der Waals surface area (Å²) in [5, 5.41) is 19.1. The first kappa shape index (κ1) is 19.5. The third kappa shape index (κ3) is 5.12. The molecule has 0 spiro atoms. The molecule has 2 aliphatic rings. The van der Waals surface area contributed by atoms with E-state index in [0.29, 0.717) is 24.0 Å². The molecule has 2 bridgehead atoms. The summed E-state index contributed by atoms with van der Waals surface area (Å²) in [6, 6.07) is 9.72. The number of hydrogen-bond acceptors (Lipinski definition) is 4. The largest absolute Gasteiger partial charge is 0.481 e. The van der Waals surface area contributed by atoms with Crippen LogP contribution in [0.2, 0.25) is 0 Å². The van der Waals surface area contributed by atoms with Crippen LogP contribution < -0.4 is 0 Å². The number of carboxylic acids is 1. The second-order valence-corrected chi connectivity index (χ2v) is 8.40. The average Bonchev–Trinajstić information content (AvgIpc) is 3.24. The monoisotopic (exact) mass is 376 g/mol. The number of rotatable bonds is 10. The van der Waals surface area contributed by atoms with Gasteiger partial charge in [0.05, 0.1) is 18.3 Å². The van der Waals surface area contributed by atoms with Crippen molar-refractivity contribution in [3.8, 4) is 0 Å². The molecule has 0 amide bonds. The zero-order valence-electron chi connectivity index (χ0n) is 15.0. The summed E-state index contributed by atoms with van der Waals surface area (Å²) >= 11 is 1.84. The minimum absolute atomic E-state index is 0.257. The molecule has 1 aromatic rings. The Kier molecular flexibility index (Phi) is 7.17. The molecule has 1 unspecified atom stereocenters. The molecular weight excluding hydrogens is 348 g/mol. The van der Waals surface area contributed by atoms with Gasteiger partial charge in [0, 0.05) is 12.3 Å². The van der Waals surface area contributed by atoms with Crippen LogP contribution in [0.1, 0.15) is 43.8 Å². The lowest BCUT2D eigenvalue weighted by molar-refractivity contribution is -0.137. The highest BCUT2D eigenvalue weighted by Gasteiger charge is 2.47. The number of carboxylic acid groups (broad SMARTS) is 1. The Morgan fingerprint density at radius 3 is 2.77 bits per heavy atom. The predicted octanol–water partition coefficient (Wildman–Crippen LogP) is 4.06. The molecule has 2 saturated heterocycles. The summed E-state index contributed by atoms with van der Waals surface area (Å²) < 4.78 is 6.13. The molecule has 142 valence electrons. The molecule has 0 saturated carbocycles. The van der Waals surface area contributed by atoms with Crippen molar-refractivity contribution in [1.82, 2.24) is 0 Å². The second-order valence-electron chi connectivity index (χ2n) is 7.17. The fraction of sp³-hybridized carbons (Fsp3) is 0.571. The van der Waals surface area contributed by atoms with Gasteiger partial charge in [-0.25, -0.2) is 0 Å². The molecule has 2 heterocycles. The zero-order valence-corrected chi connectivity index (χ0v) is 15.8. The van der Waals surface area contributed by atoms with E-state index < -0.39 is 12.1 Å². The van der Waals surface area contributed by atoms with Crippen LogP contribution in [-0.2, 0) is 9.53 Å². The normalized spacial score (nSPS) is 28.7. The first-order valence-electron chi connectivity index (χ1n) is 9.51. The summed E-state index contributed by atoms with van der Waals surface area (Å²) in [5.41, 5.74) is 0.915. The average molecular weight is 377 g/mol. The highest BCUT2D eigenvalue weighted by molar-refractivity contribution is 7.99. The molecule has 1 aromatic carbocycles. The molecule has 4 nitrogen and oxygen atoms in total. The molecule has 2 fully saturated rings. The minimum Gasteiger partial charge on any atom is -0.481 e. The van der Waals surface area contributed by atoms with Crippen molar-refractivity contribution < 1.29 is 19.7 Å². The van der Waals surface area contributed by atoms with Gasteiger partial charge in [0.25, 0.3) is 0 Å². The van der Waals surface area contributed by atoms with Crippen LogP contribution in [0, 0.1) is 11.8 Å². The number of benzene rings is 1. The molecule has 0 aliphatic carbocycles. The number of ether oxygens (including phenoxy) is 1. The van der Waals surface area contributed by atoms with E-state index in [-0.39, 0.29) is 6.42 Å². The van der Waals surface area contributed by atoms with Crippen molar-refractivity contribution in [2.75, 3.05) is 11.5 Å². The van der Waals surface area contributed by atoms with Gasteiger partial charge in [0.15, 0.2) is 0 Å². The fourth-order valence-corrected chi connectivity index (χ4v) is 5.09. The summed E-state index contributed by atoms with van der Waals surface area (Å²) in [4.78, 5) is 10.5. The van der Waals surface area contributed by atoms with Crippen molar-refractivity contribution in [3.63, 3.8) is 0 Å². The van der Waals surface area contributed by atoms with Crippen molar-refractivity contribution in [3.05, 3.63) is 48.0 Å². The van der Waals surface area contributed by atoms with Gasteiger partial charge in [-0.1, -0.05) is 42.5 Å². The van der Waals surface area contributed by atoms with E-state index in [1.807, 2.05) is 48.2 Å². The van der Waals surface area contributed by atoms with Crippen LogP contribution in [0.4, 0.5) is 0 Å². The van der Waals surface area contributed by atoms with Crippen molar-refractivity contribution in [2.45, 2.75) is 50.4 Å². The third-order valence-corrected chi connectivity index (χ3v) is 6.52. The van der Waals surface area contributed by atoms with E-state index in [9.17, 15) is 9.90 Å². The SMILES string of the molecule is O=C(O)CCCSCC[C@@H]1[C@H](C=CC(O)c2ccccc2)[C@@H]2CC[C@H]1O2. The number of fused-ring (bicyclic) bond motifs is 2. The Morgan fingerprint density at radius 1 is 1.23 bits per heavy atom. The van der Waals surface area contributed by atoms with E-state index in [0.717, 1.165) is 42.8 Å². The van der Waals surface area contributed by atoms with Crippen LogP contribution in [0.15, 0.2) is 42.5 Å². The van der Waals surface area contributed by atoms with Crippen LogP contribution in [-0.4, -0.2) is 39.9 Å². The highest BCUT2D eigenvalue weighted by Crippen LogP contribution is 2.46. The lowest BCUT2D eigenvalue weighted by Gasteiger charge is -2.25. The summed E-state index contributed by atoms with van der Waals surface area (Å²) in [5.74, 6) is 2.13. The van der Waals surface area contributed by atoms with Crippen LogP contribution in [0.25, 0.3) is 0 Å². The molecule has 0 aromatic heterocycles. The quantitative estimate of drug-likeness (QED) is 0.476. The van der Waals surface area contributed by atoms with Crippen molar-refractivity contribution in [2.24, 2.45) is 11.8 Å². The van der Waals surface area contributed by atoms with E-state index in [1.54, 1.807) is 0 Å². The smallest absolute Gasteiger partial charge is 0.303 e. The molecule has 0 radical (unpaired) electrons. The molecule has 26 heavy (non-hydrogen) atoms. The van der Waals surface area contributed by atoms with Gasteiger partial charge in [0.1, 0.15) is 0 Å². The van der Waals surface area contributed by atoms with E-state index in [4.69, 9.17) is 9.84 Å². The first-order valence-corrected chi connectivity index (χ1v) is 10.7. The lowest BCUT2D eigenvalue weighted by Crippen LogP contribution is -2.26. The standard InChI is InChI=1S/C21H28O4S/c22-18(15-5-2-1-3-6-15)9-8-16-17(20-11-10-19(16)25-20)12-14-26-13-4-7-21(23)24/h1-3,5-6,8-9,16-20,22H,4,7,10-14H2,(H,23,24)/t16-,17+,18?,19-,20+/m0/s1. The van der Waals surface area contributed by atoms with Gasteiger partial charge in [-0.2, -0.15) is 11.8 Å². The Bertz CT molecular complexity index is 603. The minimum atomic E-state index is -0.714. The maximum Gasteiger partial charge on any atom is 0.303 e. The highest BCUT2D eigenvalue weighted by atomic mass is 32.2. The molecule has 5 heteroatoms. The van der Waals surface area contributed by atoms with Crippen molar-refractivity contribution in [1.29, 1.82) is 0 Å². The third-order valence-electron chi connectivity index (χ3n) is 5.42. The fourth-order valence-electron chi connectivity index (χ4n) is 4.10. The molecule has 3 rings (SSSR count). The van der Waals surface area contributed by atoms with Gasteiger partial charge < -0.3 is 14.9 Å². The Morgan fingerprint density at radius 2 is 2.00 bits per heavy atom. The number of hydrogen-bond donors (Lipinski definition) is 2. The van der Waals surface area contributed by atoms with Crippen LogP contribution in [0.3, 0.4) is 0 Å². The molecule has 2 aliphatic heterocycles. The molecule has 5 atom stereocenters. The predicted molar refractivity (Wildman–Crippen MR) is 104 cm³/mol. The molecule has 2 N–H and O–H groups in total. The Labute approximate surface area is 159 Å². The van der Waals surface area contributed by atoms with E-state index in [2.05, 4.69) is 6.08 Å². The van der Waals surface area contributed by atoms with Gasteiger partial charge in [-0.3, -0.25) is 4.79 Å². The van der Waals surface area contributed by atoms with Gasteiger partial charge in [-0.05, 0) is 48.7 Å².